The van der Waals surface area contributed by atoms with Crippen molar-refractivity contribution in [2.24, 2.45) is 0 Å². The van der Waals surface area contributed by atoms with Crippen LogP contribution in [0.25, 0.3) is 0 Å². The third-order valence-corrected chi connectivity index (χ3v) is 4.78. The third kappa shape index (κ3) is 4.85. The van der Waals surface area contributed by atoms with Crippen LogP contribution in [0.4, 0.5) is 5.69 Å². The van der Waals surface area contributed by atoms with Gasteiger partial charge in [-0.05, 0) is 56.5 Å². The molecule has 0 aliphatic rings. The highest BCUT2D eigenvalue weighted by molar-refractivity contribution is 7.98. The normalized spacial score (nSPS) is 12.2. The number of anilines is 1. The van der Waals surface area contributed by atoms with Crippen molar-refractivity contribution in [2.75, 3.05) is 18.6 Å². The molecule has 3 nitrogen and oxygen atoms in total. The van der Waals surface area contributed by atoms with Crippen LogP contribution in [0.1, 0.15) is 18.1 Å². The van der Waals surface area contributed by atoms with Gasteiger partial charge in [0, 0.05) is 17.1 Å². The number of nitrogens with one attached hydrogen (secondary N) is 1. The molecule has 0 aliphatic heterocycles. The van der Waals surface area contributed by atoms with Gasteiger partial charge in [0.05, 0.1) is 6.04 Å². The Labute approximate surface area is 143 Å². The molecule has 0 bridgehead atoms. The minimum atomic E-state index is -0.199. The first-order valence-corrected chi connectivity index (χ1v) is 8.93. The van der Waals surface area contributed by atoms with E-state index in [1.54, 1.807) is 11.8 Å². The zero-order valence-corrected chi connectivity index (χ0v) is 15.0. The van der Waals surface area contributed by atoms with Gasteiger partial charge in [-0.15, -0.1) is 11.8 Å². The standard InChI is InChI=1S/C19H24N2OS/c1-14-7-5-6-8-18(14)20-19(22)15(2)21(3)13-16-9-11-17(23-4)12-10-16/h5-12,15H,13H2,1-4H3,(H,20,22). The van der Waals surface area contributed by atoms with Crippen LogP contribution in [-0.4, -0.2) is 30.2 Å². The van der Waals surface area contributed by atoms with E-state index in [1.165, 1.54) is 10.5 Å². The van der Waals surface area contributed by atoms with Gasteiger partial charge in [-0.3, -0.25) is 9.69 Å². The highest BCUT2D eigenvalue weighted by Gasteiger charge is 2.18. The SMILES string of the molecule is CSc1ccc(CN(C)C(C)C(=O)Nc2ccccc2C)cc1. The molecule has 122 valence electrons. The second-order valence-electron chi connectivity index (χ2n) is 5.74. The quantitative estimate of drug-likeness (QED) is 0.808. The molecule has 0 heterocycles. The largest absolute Gasteiger partial charge is 0.324 e. The monoisotopic (exact) mass is 328 g/mol. The number of carbonyl (C=O) groups is 1. The maximum atomic E-state index is 12.4. The van der Waals surface area contributed by atoms with Crippen molar-refractivity contribution in [1.82, 2.24) is 4.90 Å². The Kier molecular flexibility index (Phi) is 6.25. The molecule has 1 atom stereocenters. The fourth-order valence-electron chi connectivity index (χ4n) is 2.31. The predicted octanol–water partition coefficient (Wildman–Crippen LogP) is 4.18. The number of benzene rings is 2. The molecule has 0 fully saturated rings. The van der Waals surface area contributed by atoms with Crippen LogP contribution in [-0.2, 0) is 11.3 Å². The summed E-state index contributed by atoms with van der Waals surface area (Å²) in [6.07, 6.45) is 2.07. The van der Waals surface area contributed by atoms with Gasteiger partial charge in [0.25, 0.3) is 0 Å². The molecule has 2 aromatic carbocycles. The van der Waals surface area contributed by atoms with E-state index in [9.17, 15) is 4.79 Å². The number of hydrogen-bond donors (Lipinski definition) is 1. The van der Waals surface area contributed by atoms with Gasteiger partial charge in [-0.25, -0.2) is 0 Å². The summed E-state index contributed by atoms with van der Waals surface area (Å²) in [6.45, 7) is 4.68. The van der Waals surface area contributed by atoms with E-state index in [4.69, 9.17) is 0 Å². The van der Waals surface area contributed by atoms with E-state index in [0.717, 1.165) is 17.8 Å². The first-order valence-electron chi connectivity index (χ1n) is 7.71. The molecule has 0 saturated heterocycles. The number of rotatable bonds is 6. The van der Waals surface area contributed by atoms with Crippen LogP contribution in [0, 0.1) is 6.92 Å². The van der Waals surface area contributed by atoms with Gasteiger partial charge in [0.15, 0.2) is 0 Å². The van der Waals surface area contributed by atoms with E-state index < -0.39 is 0 Å². The number of nitrogens with zero attached hydrogens (tertiary/aromatic N) is 1. The zero-order valence-electron chi connectivity index (χ0n) is 14.2. The molecule has 4 heteroatoms. The Morgan fingerprint density at radius 3 is 2.43 bits per heavy atom. The summed E-state index contributed by atoms with van der Waals surface area (Å²) in [5, 5.41) is 3.01. The summed E-state index contributed by atoms with van der Waals surface area (Å²) in [6, 6.07) is 16.1. The molecule has 0 aromatic heterocycles. The van der Waals surface area contributed by atoms with Crippen molar-refractivity contribution in [3.63, 3.8) is 0 Å². The summed E-state index contributed by atoms with van der Waals surface area (Å²) in [5.74, 6) is 0.0162. The van der Waals surface area contributed by atoms with Crippen LogP contribution < -0.4 is 5.32 Å². The van der Waals surface area contributed by atoms with Crippen LogP contribution in [0.5, 0.6) is 0 Å². The average Bonchev–Trinajstić information content (AvgIpc) is 2.56. The minimum Gasteiger partial charge on any atom is -0.324 e. The summed E-state index contributed by atoms with van der Waals surface area (Å²) in [5.41, 5.74) is 3.16. The maximum Gasteiger partial charge on any atom is 0.241 e. The van der Waals surface area contributed by atoms with E-state index in [2.05, 4.69) is 40.7 Å². The zero-order chi connectivity index (χ0) is 16.8. The number of amides is 1. The van der Waals surface area contributed by atoms with Gasteiger partial charge in [-0.1, -0.05) is 30.3 Å². The first-order chi connectivity index (χ1) is 11.0. The molecule has 23 heavy (non-hydrogen) atoms. The van der Waals surface area contributed by atoms with Crippen molar-refractivity contribution < 1.29 is 4.79 Å². The highest BCUT2D eigenvalue weighted by atomic mass is 32.2. The summed E-state index contributed by atoms with van der Waals surface area (Å²) >= 11 is 1.73. The van der Waals surface area contributed by atoms with Crippen molar-refractivity contribution in [3.05, 3.63) is 59.7 Å². The summed E-state index contributed by atoms with van der Waals surface area (Å²) in [4.78, 5) is 15.7. The molecular formula is C19H24N2OS. The van der Waals surface area contributed by atoms with E-state index in [-0.39, 0.29) is 11.9 Å². The maximum absolute atomic E-state index is 12.4. The lowest BCUT2D eigenvalue weighted by molar-refractivity contribution is -0.120. The predicted molar refractivity (Wildman–Crippen MR) is 99.0 cm³/mol. The fraction of sp³-hybridized carbons (Fsp3) is 0.316. The first kappa shape index (κ1) is 17.6. The van der Waals surface area contributed by atoms with E-state index in [1.807, 2.05) is 45.2 Å². The third-order valence-electron chi connectivity index (χ3n) is 4.03. The molecule has 1 N–H and O–H groups in total. The van der Waals surface area contributed by atoms with Gasteiger partial charge in [0.1, 0.15) is 0 Å². The topological polar surface area (TPSA) is 32.3 Å². The van der Waals surface area contributed by atoms with Crippen molar-refractivity contribution >= 4 is 23.4 Å². The number of para-hydroxylation sites is 1. The highest BCUT2D eigenvalue weighted by Crippen LogP contribution is 2.17. The lowest BCUT2D eigenvalue weighted by atomic mass is 10.1. The second-order valence-corrected chi connectivity index (χ2v) is 6.62. The molecular weight excluding hydrogens is 304 g/mol. The molecule has 0 radical (unpaired) electrons. The van der Waals surface area contributed by atoms with E-state index >= 15 is 0 Å². The minimum absolute atomic E-state index is 0.0162. The van der Waals surface area contributed by atoms with Crippen LogP contribution >= 0.6 is 11.8 Å². The molecule has 0 aliphatic carbocycles. The summed E-state index contributed by atoms with van der Waals surface area (Å²) < 4.78 is 0. The Bertz CT molecular complexity index is 655. The average molecular weight is 328 g/mol. The molecule has 0 saturated carbocycles. The molecule has 2 rings (SSSR count). The molecule has 2 aromatic rings. The Morgan fingerprint density at radius 2 is 1.83 bits per heavy atom. The summed E-state index contributed by atoms with van der Waals surface area (Å²) in [7, 11) is 1.98. The van der Waals surface area contributed by atoms with Gasteiger partial charge < -0.3 is 5.32 Å². The number of thioether (sulfide) groups is 1. The second kappa shape index (κ2) is 8.18. The smallest absolute Gasteiger partial charge is 0.241 e. The fourth-order valence-corrected chi connectivity index (χ4v) is 2.71. The Morgan fingerprint density at radius 1 is 1.17 bits per heavy atom. The van der Waals surface area contributed by atoms with Crippen molar-refractivity contribution in [2.45, 2.75) is 31.3 Å². The number of hydrogen-bond acceptors (Lipinski definition) is 3. The van der Waals surface area contributed by atoms with Gasteiger partial charge >= 0.3 is 0 Å². The van der Waals surface area contributed by atoms with Crippen LogP contribution in [0.3, 0.4) is 0 Å². The van der Waals surface area contributed by atoms with Crippen molar-refractivity contribution in [3.8, 4) is 0 Å². The van der Waals surface area contributed by atoms with Crippen molar-refractivity contribution in [1.29, 1.82) is 0 Å². The van der Waals surface area contributed by atoms with E-state index in [0.29, 0.717) is 0 Å². The van der Waals surface area contributed by atoms with Crippen LogP contribution in [0.15, 0.2) is 53.4 Å². The molecule has 1 amide bonds. The molecule has 1 unspecified atom stereocenters. The number of likely N-dealkylation sites (N-methyl/N-ethyl adjacent to an activating group) is 1. The lowest BCUT2D eigenvalue weighted by Crippen LogP contribution is -2.39. The Hall–Kier alpha value is -1.78. The Balaban J connectivity index is 1.96. The van der Waals surface area contributed by atoms with Gasteiger partial charge in [-0.2, -0.15) is 0 Å². The lowest BCUT2D eigenvalue weighted by Gasteiger charge is -2.24. The molecule has 0 spiro atoms. The number of carbonyl (C=O) groups excluding carboxylic acids is 1. The van der Waals surface area contributed by atoms with Gasteiger partial charge in [0.2, 0.25) is 5.91 Å². The van der Waals surface area contributed by atoms with Crippen LogP contribution in [0.2, 0.25) is 0 Å². The number of aryl methyl sites for hydroxylation is 1.